The zero-order chi connectivity index (χ0) is 22.0. The highest BCUT2D eigenvalue weighted by Gasteiger charge is 2.25. The Morgan fingerprint density at radius 1 is 1.06 bits per heavy atom. The molecule has 2 aliphatic heterocycles. The van der Waals surface area contributed by atoms with Crippen LogP contribution in [0.5, 0.6) is 11.5 Å². The topological polar surface area (TPSA) is 123 Å². The number of hydrogen-bond donors (Lipinski definition) is 2. The molecule has 0 saturated carbocycles. The van der Waals surface area contributed by atoms with E-state index in [0.717, 1.165) is 5.01 Å². The zero-order valence-electron chi connectivity index (χ0n) is 16.5. The fourth-order valence-electron chi connectivity index (χ4n) is 3.03. The van der Waals surface area contributed by atoms with E-state index in [2.05, 4.69) is 10.7 Å². The molecule has 0 radical (unpaired) electrons. The first-order valence-corrected chi connectivity index (χ1v) is 9.55. The van der Waals surface area contributed by atoms with Gasteiger partial charge in [-0.25, -0.2) is 9.80 Å². The van der Waals surface area contributed by atoms with E-state index in [-0.39, 0.29) is 37.0 Å². The van der Waals surface area contributed by atoms with Crippen molar-refractivity contribution in [2.75, 3.05) is 17.1 Å². The molecule has 2 heterocycles. The number of benzene rings is 2. The zero-order valence-corrected chi connectivity index (χ0v) is 16.5. The van der Waals surface area contributed by atoms with Crippen LogP contribution in [0.15, 0.2) is 42.5 Å². The number of esters is 1. The van der Waals surface area contributed by atoms with Gasteiger partial charge in [-0.3, -0.25) is 19.8 Å². The van der Waals surface area contributed by atoms with Gasteiger partial charge in [-0.05, 0) is 43.3 Å². The number of ether oxygens (including phenoxy) is 3. The van der Waals surface area contributed by atoms with Gasteiger partial charge in [-0.15, -0.1) is 0 Å². The SMILES string of the molecule is CC(OC(=O)c1ccc(N2NC(=O)CCC2=O)cc1)C(=O)Nc1ccc2c(c1)OCO2. The molecule has 2 aliphatic rings. The van der Waals surface area contributed by atoms with Crippen LogP contribution in [0.1, 0.15) is 30.1 Å². The molecule has 4 rings (SSSR count). The fraction of sp³-hybridized carbons (Fsp3) is 0.238. The lowest BCUT2D eigenvalue weighted by Crippen LogP contribution is -2.50. The van der Waals surface area contributed by atoms with Gasteiger partial charge in [-0.2, -0.15) is 0 Å². The molecule has 160 valence electrons. The van der Waals surface area contributed by atoms with Crippen molar-refractivity contribution in [3.63, 3.8) is 0 Å². The minimum Gasteiger partial charge on any atom is -0.454 e. The summed E-state index contributed by atoms with van der Waals surface area (Å²) >= 11 is 0. The summed E-state index contributed by atoms with van der Waals surface area (Å²) < 4.78 is 15.7. The standard InChI is InChI=1S/C21H19N3O7/c1-12(20(27)22-14-4-7-16-17(10-14)30-11-29-16)31-21(28)13-2-5-15(6-3-13)24-19(26)9-8-18(25)23-24/h2-7,10,12H,8-9,11H2,1H3,(H,22,27)(H,23,25). The maximum Gasteiger partial charge on any atom is 0.338 e. The highest BCUT2D eigenvalue weighted by molar-refractivity contribution is 6.02. The predicted octanol–water partition coefficient (Wildman–Crippen LogP) is 1.76. The molecule has 3 amide bonds. The maximum absolute atomic E-state index is 12.4. The average Bonchev–Trinajstić information content (AvgIpc) is 3.23. The molecule has 2 aromatic rings. The highest BCUT2D eigenvalue weighted by Crippen LogP contribution is 2.34. The molecule has 1 unspecified atom stereocenters. The number of amides is 3. The number of hydrazine groups is 1. The van der Waals surface area contributed by atoms with Crippen molar-refractivity contribution in [2.45, 2.75) is 25.9 Å². The number of carbonyl (C=O) groups excluding carboxylic acids is 4. The van der Waals surface area contributed by atoms with Crippen molar-refractivity contribution in [2.24, 2.45) is 0 Å². The Labute approximate surface area is 177 Å². The van der Waals surface area contributed by atoms with Gasteiger partial charge in [0.15, 0.2) is 17.6 Å². The quantitative estimate of drug-likeness (QED) is 0.700. The van der Waals surface area contributed by atoms with Crippen LogP contribution in [0, 0.1) is 0 Å². The van der Waals surface area contributed by atoms with Crippen molar-refractivity contribution in [1.82, 2.24) is 5.43 Å². The van der Waals surface area contributed by atoms with E-state index in [1.807, 2.05) is 0 Å². The summed E-state index contributed by atoms with van der Waals surface area (Å²) in [6, 6.07) is 10.9. The largest absolute Gasteiger partial charge is 0.454 e. The van der Waals surface area contributed by atoms with Gasteiger partial charge < -0.3 is 19.5 Å². The highest BCUT2D eigenvalue weighted by atomic mass is 16.7. The van der Waals surface area contributed by atoms with E-state index in [1.165, 1.54) is 31.2 Å². The number of hydrogen-bond acceptors (Lipinski definition) is 7. The lowest BCUT2D eigenvalue weighted by molar-refractivity contribution is -0.130. The Morgan fingerprint density at radius 2 is 1.81 bits per heavy atom. The van der Waals surface area contributed by atoms with E-state index in [4.69, 9.17) is 14.2 Å². The summed E-state index contributed by atoms with van der Waals surface area (Å²) in [5.74, 6) is -0.605. The lowest BCUT2D eigenvalue weighted by atomic mass is 10.1. The molecule has 31 heavy (non-hydrogen) atoms. The number of rotatable bonds is 5. The Balaban J connectivity index is 1.35. The summed E-state index contributed by atoms with van der Waals surface area (Å²) in [6.45, 7) is 1.58. The Kier molecular flexibility index (Phi) is 5.44. The third-order valence-electron chi connectivity index (χ3n) is 4.71. The van der Waals surface area contributed by atoms with Crippen LogP contribution >= 0.6 is 0 Å². The summed E-state index contributed by atoms with van der Waals surface area (Å²) in [4.78, 5) is 48.2. The molecule has 1 saturated heterocycles. The summed E-state index contributed by atoms with van der Waals surface area (Å²) in [6.07, 6.45) is -0.794. The number of nitrogens with one attached hydrogen (secondary N) is 2. The molecule has 10 nitrogen and oxygen atoms in total. The van der Waals surface area contributed by atoms with Gasteiger partial charge in [-0.1, -0.05) is 0 Å². The monoisotopic (exact) mass is 425 g/mol. The average molecular weight is 425 g/mol. The molecule has 0 aromatic heterocycles. The van der Waals surface area contributed by atoms with E-state index in [0.29, 0.717) is 22.9 Å². The molecular formula is C21H19N3O7. The number of nitrogens with zero attached hydrogens (tertiary/aromatic N) is 1. The maximum atomic E-state index is 12.4. The van der Waals surface area contributed by atoms with Crippen molar-refractivity contribution >= 4 is 35.1 Å². The van der Waals surface area contributed by atoms with E-state index in [9.17, 15) is 19.2 Å². The molecule has 0 aliphatic carbocycles. The molecule has 1 atom stereocenters. The number of anilines is 2. The third kappa shape index (κ3) is 4.42. The van der Waals surface area contributed by atoms with Crippen LogP contribution in [-0.2, 0) is 19.1 Å². The normalized spacial score (nSPS) is 15.8. The van der Waals surface area contributed by atoms with Gasteiger partial charge in [0, 0.05) is 24.6 Å². The second kappa shape index (κ2) is 8.34. The lowest BCUT2D eigenvalue weighted by Gasteiger charge is -2.27. The molecule has 10 heteroatoms. The van der Waals surface area contributed by atoms with Crippen molar-refractivity contribution < 1.29 is 33.4 Å². The number of carbonyl (C=O) groups is 4. The first-order valence-electron chi connectivity index (χ1n) is 9.55. The van der Waals surface area contributed by atoms with Crippen LogP contribution in [0.4, 0.5) is 11.4 Å². The first-order chi connectivity index (χ1) is 14.9. The van der Waals surface area contributed by atoms with Crippen molar-refractivity contribution in [3.8, 4) is 11.5 Å². The molecule has 2 N–H and O–H groups in total. The third-order valence-corrected chi connectivity index (χ3v) is 4.71. The molecule has 0 spiro atoms. The van der Waals surface area contributed by atoms with Crippen LogP contribution < -0.4 is 25.2 Å². The van der Waals surface area contributed by atoms with Gasteiger partial charge >= 0.3 is 5.97 Å². The van der Waals surface area contributed by atoms with Crippen LogP contribution in [0.25, 0.3) is 0 Å². The summed E-state index contributed by atoms with van der Waals surface area (Å²) in [7, 11) is 0. The predicted molar refractivity (Wildman–Crippen MR) is 107 cm³/mol. The fourth-order valence-corrected chi connectivity index (χ4v) is 3.03. The van der Waals surface area contributed by atoms with Crippen molar-refractivity contribution in [1.29, 1.82) is 0 Å². The van der Waals surface area contributed by atoms with E-state index in [1.54, 1.807) is 18.2 Å². The minimum atomic E-state index is -1.06. The van der Waals surface area contributed by atoms with Gasteiger partial charge in [0.1, 0.15) is 0 Å². The van der Waals surface area contributed by atoms with E-state index >= 15 is 0 Å². The Bertz CT molecular complexity index is 1050. The molecular weight excluding hydrogens is 406 g/mol. The molecule has 1 fully saturated rings. The second-order valence-electron chi connectivity index (χ2n) is 6.92. The second-order valence-corrected chi connectivity index (χ2v) is 6.92. The Morgan fingerprint density at radius 3 is 2.58 bits per heavy atom. The summed E-state index contributed by atoms with van der Waals surface area (Å²) in [5, 5.41) is 3.79. The van der Waals surface area contributed by atoms with Gasteiger partial charge in [0.25, 0.3) is 5.91 Å². The van der Waals surface area contributed by atoms with Crippen LogP contribution in [0.3, 0.4) is 0 Å². The van der Waals surface area contributed by atoms with Crippen molar-refractivity contribution in [3.05, 3.63) is 48.0 Å². The Hall–Kier alpha value is -4.08. The first kappa shape index (κ1) is 20.2. The molecule has 0 bridgehead atoms. The van der Waals surface area contributed by atoms with Crippen LogP contribution in [-0.4, -0.2) is 36.6 Å². The summed E-state index contributed by atoms with van der Waals surface area (Å²) in [5.41, 5.74) is 3.57. The van der Waals surface area contributed by atoms with E-state index < -0.39 is 18.0 Å². The number of fused-ring (bicyclic) bond motifs is 1. The minimum absolute atomic E-state index is 0.117. The smallest absolute Gasteiger partial charge is 0.338 e. The molecule has 2 aromatic carbocycles. The van der Waals surface area contributed by atoms with Gasteiger partial charge in [0.05, 0.1) is 11.3 Å². The van der Waals surface area contributed by atoms with Crippen LogP contribution in [0.2, 0.25) is 0 Å². The van der Waals surface area contributed by atoms with Gasteiger partial charge in [0.2, 0.25) is 18.6 Å².